The molecule has 0 saturated carbocycles. The maximum absolute atomic E-state index is 12.1. The van der Waals surface area contributed by atoms with E-state index < -0.39 is 6.04 Å². The summed E-state index contributed by atoms with van der Waals surface area (Å²) < 4.78 is 5.30. The lowest BCUT2D eigenvalue weighted by atomic mass is 10.0. The van der Waals surface area contributed by atoms with Crippen LogP contribution in [0, 0.1) is 5.92 Å². The van der Waals surface area contributed by atoms with Crippen LogP contribution in [-0.4, -0.2) is 42.1 Å². The summed E-state index contributed by atoms with van der Waals surface area (Å²) in [5.41, 5.74) is 6.78. The topological polar surface area (TPSA) is 84.7 Å². The van der Waals surface area contributed by atoms with Crippen molar-refractivity contribution in [3.63, 3.8) is 0 Å². The number of nitrogens with two attached hydrogens (primary N) is 1. The van der Waals surface area contributed by atoms with Crippen LogP contribution in [0.5, 0.6) is 0 Å². The average Bonchev–Trinajstić information content (AvgIpc) is 3.01. The highest BCUT2D eigenvalue weighted by molar-refractivity contribution is 5.82. The first kappa shape index (κ1) is 17.3. The molecule has 1 aromatic rings. The van der Waals surface area contributed by atoms with E-state index in [9.17, 15) is 9.59 Å². The van der Waals surface area contributed by atoms with E-state index in [0.717, 1.165) is 12.0 Å². The Morgan fingerprint density at radius 2 is 2.04 bits per heavy atom. The number of nitrogens with zero attached hydrogens (tertiary/aromatic N) is 1. The van der Waals surface area contributed by atoms with Crippen molar-refractivity contribution in [1.82, 2.24) is 10.2 Å². The van der Waals surface area contributed by atoms with E-state index in [2.05, 4.69) is 5.32 Å². The van der Waals surface area contributed by atoms with Crippen LogP contribution in [0.4, 0.5) is 4.79 Å². The largest absolute Gasteiger partial charge is 0.445 e. The summed E-state index contributed by atoms with van der Waals surface area (Å²) in [6.07, 6.45) is 0.371. The van der Waals surface area contributed by atoms with Crippen molar-refractivity contribution in [2.24, 2.45) is 11.7 Å². The molecule has 1 fully saturated rings. The minimum absolute atomic E-state index is 0.0587. The number of nitrogens with one attached hydrogen (secondary N) is 1. The minimum Gasteiger partial charge on any atom is -0.445 e. The summed E-state index contributed by atoms with van der Waals surface area (Å²) >= 11 is 0. The second-order valence-electron chi connectivity index (χ2n) is 6.25. The lowest BCUT2D eigenvalue weighted by Crippen LogP contribution is -2.48. The number of benzene rings is 1. The molecule has 0 unspecified atom stereocenters. The van der Waals surface area contributed by atoms with Gasteiger partial charge in [-0.15, -0.1) is 0 Å². The summed E-state index contributed by atoms with van der Waals surface area (Å²) in [5.74, 6) is -0.0761. The molecule has 0 aromatic heterocycles. The van der Waals surface area contributed by atoms with Gasteiger partial charge in [0.05, 0.1) is 6.04 Å². The first-order valence-corrected chi connectivity index (χ1v) is 7.99. The molecular formula is C17H25N3O3. The zero-order chi connectivity index (χ0) is 16.8. The molecule has 0 spiro atoms. The van der Waals surface area contributed by atoms with Crippen molar-refractivity contribution >= 4 is 12.0 Å². The lowest BCUT2D eigenvalue weighted by molar-refractivity contribution is -0.123. The van der Waals surface area contributed by atoms with Gasteiger partial charge in [-0.05, 0) is 17.9 Å². The predicted octanol–water partition coefficient (Wildman–Crippen LogP) is 1.50. The van der Waals surface area contributed by atoms with Gasteiger partial charge in [0.15, 0.2) is 0 Å². The molecule has 1 aliphatic heterocycles. The van der Waals surface area contributed by atoms with Gasteiger partial charge in [-0.25, -0.2) is 4.79 Å². The standard InChI is InChI=1S/C17H25N3O3/c1-12(2)15(18)16(21)19-14-8-9-20(10-14)17(22)23-11-13-6-4-3-5-7-13/h3-7,12,14-15H,8-11,18H2,1-2H3,(H,19,21)/t14-,15+/m1/s1. The maximum Gasteiger partial charge on any atom is 0.410 e. The molecule has 2 rings (SSSR count). The Kier molecular flexibility index (Phi) is 5.98. The number of carbonyl (C=O) groups excluding carboxylic acids is 2. The number of likely N-dealkylation sites (tertiary alicyclic amines) is 1. The average molecular weight is 319 g/mol. The second-order valence-corrected chi connectivity index (χ2v) is 6.25. The van der Waals surface area contributed by atoms with E-state index in [0.29, 0.717) is 13.1 Å². The van der Waals surface area contributed by atoms with Crippen LogP contribution in [0.3, 0.4) is 0 Å². The lowest BCUT2D eigenvalue weighted by Gasteiger charge is -2.20. The van der Waals surface area contributed by atoms with Crippen molar-refractivity contribution < 1.29 is 14.3 Å². The highest BCUT2D eigenvalue weighted by Crippen LogP contribution is 2.12. The zero-order valence-corrected chi connectivity index (χ0v) is 13.7. The highest BCUT2D eigenvalue weighted by Gasteiger charge is 2.29. The van der Waals surface area contributed by atoms with Crippen LogP contribution in [-0.2, 0) is 16.1 Å². The Labute approximate surface area is 137 Å². The van der Waals surface area contributed by atoms with Gasteiger partial charge in [0.25, 0.3) is 0 Å². The summed E-state index contributed by atoms with van der Waals surface area (Å²) in [5, 5.41) is 2.91. The van der Waals surface area contributed by atoms with Gasteiger partial charge in [0, 0.05) is 19.1 Å². The van der Waals surface area contributed by atoms with E-state index in [1.807, 2.05) is 44.2 Å². The van der Waals surface area contributed by atoms with Crippen LogP contribution in [0.2, 0.25) is 0 Å². The van der Waals surface area contributed by atoms with E-state index in [1.54, 1.807) is 4.90 Å². The Morgan fingerprint density at radius 1 is 1.35 bits per heavy atom. The molecular weight excluding hydrogens is 294 g/mol. The van der Waals surface area contributed by atoms with E-state index in [1.165, 1.54) is 0 Å². The Balaban J connectivity index is 1.76. The number of hydrogen-bond acceptors (Lipinski definition) is 4. The van der Waals surface area contributed by atoms with Crippen LogP contribution in [0.15, 0.2) is 30.3 Å². The van der Waals surface area contributed by atoms with Crippen LogP contribution >= 0.6 is 0 Å². The molecule has 23 heavy (non-hydrogen) atoms. The summed E-state index contributed by atoms with van der Waals surface area (Å²) in [6.45, 7) is 5.11. The van der Waals surface area contributed by atoms with Crippen LogP contribution in [0.25, 0.3) is 0 Å². The molecule has 0 bridgehead atoms. The van der Waals surface area contributed by atoms with Crippen molar-refractivity contribution in [2.45, 2.75) is 39.0 Å². The minimum atomic E-state index is -0.519. The fraction of sp³-hybridized carbons (Fsp3) is 0.529. The third kappa shape index (κ3) is 4.96. The maximum atomic E-state index is 12.1. The van der Waals surface area contributed by atoms with Gasteiger partial charge in [0.2, 0.25) is 5.91 Å². The van der Waals surface area contributed by atoms with Gasteiger partial charge in [-0.2, -0.15) is 0 Å². The molecule has 0 radical (unpaired) electrons. The Hall–Kier alpha value is -2.08. The smallest absolute Gasteiger partial charge is 0.410 e. The molecule has 126 valence electrons. The molecule has 1 aliphatic rings. The molecule has 6 nitrogen and oxygen atoms in total. The van der Waals surface area contributed by atoms with Crippen molar-refractivity contribution in [3.05, 3.63) is 35.9 Å². The molecule has 1 aromatic carbocycles. The van der Waals surface area contributed by atoms with Gasteiger partial charge < -0.3 is 20.7 Å². The molecule has 3 N–H and O–H groups in total. The Bertz CT molecular complexity index is 533. The van der Waals surface area contributed by atoms with Crippen LogP contribution < -0.4 is 11.1 Å². The number of amides is 2. The second kappa shape index (κ2) is 7.97. The third-order valence-corrected chi connectivity index (χ3v) is 4.02. The van der Waals surface area contributed by atoms with E-state index in [4.69, 9.17) is 10.5 Å². The molecule has 2 amide bonds. The summed E-state index contributed by atoms with van der Waals surface area (Å²) in [6, 6.07) is 8.97. The van der Waals surface area contributed by atoms with Gasteiger partial charge in [-0.1, -0.05) is 44.2 Å². The van der Waals surface area contributed by atoms with Gasteiger partial charge >= 0.3 is 6.09 Å². The molecule has 1 saturated heterocycles. The summed E-state index contributed by atoms with van der Waals surface area (Å²) in [7, 11) is 0. The van der Waals surface area contributed by atoms with E-state index in [-0.39, 0.29) is 30.6 Å². The van der Waals surface area contributed by atoms with Gasteiger partial charge in [0.1, 0.15) is 6.61 Å². The third-order valence-electron chi connectivity index (χ3n) is 4.02. The van der Waals surface area contributed by atoms with Crippen molar-refractivity contribution in [3.8, 4) is 0 Å². The summed E-state index contributed by atoms with van der Waals surface area (Å²) in [4.78, 5) is 25.6. The number of ether oxygens (including phenoxy) is 1. The molecule has 6 heteroatoms. The predicted molar refractivity (Wildman–Crippen MR) is 87.6 cm³/mol. The number of carbonyl (C=O) groups is 2. The monoisotopic (exact) mass is 319 g/mol. The SMILES string of the molecule is CC(C)[C@H](N)C(=O)N[C@@H]1CCN(C(=O)OCc2ccccc2)C1. The molecule has 0 aliphatic carbocycles. The number of rotatable bonds is 5. The fourth-order valence-electron chi connectivity index (χ4n) is 2.45. The fourth-order valence-corrected chi connectivity index (χ4v) is 2.45. The first-order chi connectivity index (χ1) is 11.0. The first-order valence-electron chi connectivity index (χ1n) is 7.99. The zero-order valence-electron chi connectivity index (χ0n) is 13.7. The van der Waals surface area contributed by atoms with E-state index >= 15 is 0 Å². The number of hydrogen-bond donors (Lipinski definition) is 2. The quantitative estimate of drug-likeness (QED) is 0.861. The van der Waals surface area contributed by atoms with Gasteiger partial charge in [-0.3, -0.25) is 4.79 Å². The molecule has 1 heterocycles. The van der Waals surface area contributed by atoms with Crippen molar-refractivity contribution in [1.29, 1.82) is 0 Å². The van der Waals surface area contributed by atoms with Crippen molar-refractivity contribution in [2.75, 3.05) is 13.1 Å². The Morgan fingerprint density at radius 3 is 2.70 bits per heavy atom. The normalized spacial score (nSPS) is 18.8. The molecule has 2 atom stereocenters. The highest BCUT2D eigenvalue weighted by atomic mass is 16.6. The van der Waals surface area contributed by atoms with Crippen LogP contribution in [0.1, 0.15) is 25.8 Å².